The zero-order valence-corrected chi connectivity index (χ0v) is 12.1. The highest BCUT2D eigenvalue weighted by molar-refractivity contribution is 5.69. The average molecular weight is 336 g/mol. The topological polar surface area (TPSA) is 251 Å². The van der Waals surface area contributed by atoms with Crippen LogP contribution in [0.5, 0.6) is 0 Å². The number of rotatable bonds is 6. The molecule has 0 rings (SSSR count). The van der Waals surface area contributed by atoms with E-state index in [2.05, 4.69) is 11.5 Å². The summed E-state index contributed by atoms with van der Waals surface area (Å²) in [7, 11) is 0. The lowest BCUT2D eigenvalue weighted by Gasteiger charge is -1.96. The molecular formula is C10H28N2O10. The maximum atomic E-state index is 9.00. The van der Waals surface area contributed by atoms with Crippen LogP contribution in [0.2, 0.25) is 0 Å². The van der Waals surface area contributed by atoms with Gasteiger partial charge in [0.1, 0.15) is 18.3 Å². The zero-order chi connectivity index (χ0) is 18.6. The Kier molecular flexibility index (Phi) is 32.8. The minimum Gasteiger partial charge on any atom is -0.394 e. The van der Waals surface area contributed by atoms with Gasteiger partial charge in [-0.15, -0.1) is 0 Å². The second kappa shape index (κ2) is 24.9. The van der Waals surface area contributed by atoms with Crippen molar-refractivity contribution in [2.24, 2.45) is 11.5 Å². The molecular weight excluding hydrogens is 308 g/mol. The molecule has 12 heteroatoms. The molecule has 0 bridgehead atoms. The number of aliphatic hydroxyl groups excluding tert-OH is 9. The summed E-state index contributed by atoms with van der Waals surface area (Å²) in [4.78, 5) is 9.00. The van der Waals surface area contributed by atoms with Gasteiger partial charge in [-0.3, -0.25) is 0 Å². The Hall–Kier alpha value is -1.09. The van der Waals surface area contributed by atoms with E-state index in [1.165, 1.54) is 0 Å². The number of urea groups is 1. The minimum atomic E-state index is -0.954. The van der Waals surface area contributed by atoms with Crippen LogP contribution in [0, 0.1) is 0 Å². The highest BCUT2D eigenvalue weighted by Crippen LogP contribution is 1.72. The molecule has 12 nitrogen and oxygen atoms in total. The Balaban J connectivity index is -0.0000000994. The fourth-order valence-electron chi connectivity index (χ4n) is 0.173. The third kappa shape index (κ3) is 51.0. The lowest BCUT2D eigenvalue weighted by atomic mass is 10.4. The molecule has 0 aromatic rings. The van der Waals surface area contributed by atoms with Gasteiger partial charge < -0.3 is 57.4 Å². The molecule has 0 saturated heterocycles. The quantitative estimate of drug-likeness (QED) is 0.219. The van der Waals surface area contributed by atoms with Gasteiger partial charge in [-0.1, -0.05) is 0 Å². The highest BCUT2D eigenvalue weighted by atomic mass is 16.4. The Labute approximate surface area is 127 Å². The summed E-state index contributed by atoms with van der Waals surface area (Å²) >= 11 is 0. The van der Waals surface area contributed by atoms with Gasteiger partial charge in [0, 0.05) is 0 Å². The lowest BCUT2D eigenvalue weighted by molar-refractivity contribution is 0.0450. The van der Waals surface area contributed by atoms with E-state index in [0.717, 1.165) is 0 Å². The number of hydrogen-bond donors (Lipinski definition) is 11. The molecule has 22 heavy (non-hydrogen) atoms. The van der Waals surface area contributed by atoms with Crippen molar-refractivity contribution in [2.45, 2.75) is 18.3 Å². The number of amides is 2. The van der Waals surface area contributed by atoms with Crippen LogP contribution in [0.25, 0.3) is 0 Å². The largest absolute Gasteiger partial charge is 0.394 e. The molecule has 0 aromatic carbocycles. The normalized spacial score (nSPS) is 9.27. The molecule has 0 heterocycles. The van der Waals surface area contributed by atoms with E-state index in [4.69, 9.17) is 50.8 Å². The monoisotopic (exact) mass is 336 g/mol. The van der Waals surface area contributed by atoms with Crippen LogP contribution < -0.4 is 11.5 Å². The van der Waals surface area contributed by atoms with Crippen molar-refractivity contribution in [2.75, 3.05) is 39.6 Å². The van der Waals surface area contributed by atoms with Crippen LogP contribution in [0.15, 0.2) is 0 Å². The van der Waals surface area contributed by atoms with E-state index in [1.807, 2.05) is 0 Å². The molecule has 0 aromatic heterocycles. The van der Waals surface area contributed by atoms with Crippen LogP contribution in [0.1, 0.15) is 0 Å². The molecule has 138 valence electrons. The van der Waals surface area contributed by atoms with Gasteiger partial charge in [0.05, 0.1) is 39.6 Å². The van der Waals surface area contributed by atoms with E-state index in [1.54, 1.807) is 0 Å². The molecule has 0 saturated carbocycles. The highest BCUT2D eigenvalue weighted by Gasteiger charge is 1.94. The molecule has 0 aliphatic rings. The number of carbonyl (C=O) groups excluding carboxylic acids is 1. The Morgan fingerprint density at radius 1 is 0.591 bits per heavy atom. The standard InChI is InChI=1S/3C3H8O3.CH4N2O/c3*4-1-3(6)2-5;2-1(3)4/h3*3-6H,1-2H2;(H4,2,3,4). The van der Waals surface area contributed by atoms with Crippen molar-refractivity contribution in [3.05, 3.63) is 0 Å². The predicted molar refractivity (Wildman–Crippen MR) is 74.3 cm³/mol. The van der Waals surface area contributed by atoms with Crippen molar-refractivity contribution < 1.29 is 50.8 Å². The first kappa shape index (κ1) is 29.0. The Bertz CT molecular complexity index is 170. The molecule has 0 fully saturated rings. The number of aliphatic hydroxyl groups is 9. The Morgan fingerprint density at radius 2 is 0.682 bits per heavy atom. The van der Waals surface area contributed by atoms with Gasteiger partial charge in [-0.25, -0.2) is 4.79 Å². The molecule has 0 radical (unpaired) electrons. The summed E-state index contributed by atoms with van der Waals surface area (Å²) < 4.78 is 0. The first-order valence-corrected chi connectivity index (χ1v) is 5.90. The third-order valence-electron chi connectivity index (χ3n) is 1.26. The Morgan fingerprint density at radius 3 is 0.682 bits per heavy atom. The van der Waals surface area contributed by atoms with Gasteiger partial charge in [0.15, 0.2) is 0 Å². The van der Waals surface area contributed by atoms with Crippen LogP contribution in [-0.4, -0.2) is 110 Å². The maximum Gasteiger partial charge on any atom is 0.309 e. The van der Waals surface area contributed by atoms with Gasteiger partial charge >= 0.3 is 6.03 Å². The lowest BCUT2D eigenvalue weighted by Crippen LogP contribution is -2.18. The first-order chi connectivity index (χ1) is 10.2. The van der Waals surface area contributed by atoms with Gasteiger partial charge in [0.2, 0.25) is 0 Å². The first-order valence-electron chi connectivity index (χ1n) is 5.90. The summed E-state index contributed by atoms with van der Waals surface area (Å²) in [6, 6.07) is -0.833. The SMILES string of the molecule is NC(N)=O.OCC(O)CO.OCC(O)CO.OCC(O)CO. The van der Waals surface area contributed by atoms with E-state index in [-0.39, 0.29) is 39.6 Å². The molecule has 0 atom stereocenters. The number of carbonyl (C=O) groups is 1. The molecule has 13 N–H and O–H groups in total. The summed E-state index contributed by atoms with van der Waals surface area (Å²) in [6.45, 7) is -2.19. The van der Waals surface area contributed by atoms with Crippen LogP contribution in [0.3, 0.4) is 0 Å². The average Bonchev–Trinajstić information content (AvgIpc) is 2.52. The second-order valence-electron chi connectivity index (χ2n) is 3.46. The molecule has 0 aliphatic heterocycles. The summed E-state index contributed by atoms with van der Waals surface area (Å²) in [6.07, 6.45) is -2.86. The molecule has 0 spiro atoms. The van der Waals surface area contributed by atoms with Crippen molar-refractivity contribution in [3.8, 4) is 0 Å². The van der Waals surface area contributed by atoms with Gasteiger partial charge in [0.25, 0.3) is 0 Å². The molecule has 2 amide bonds. The zero-order valence-electron chi connectivity index (χ0n) is 12.1. The minimum absolute atomic E-state index is 0.365. The fraction of sp³-hybridized carbons (Fsp3) is 0.900. The summed E-state index contributed by atoms with van der Waals surface area (Å²) in [5.74, 6) is 0. The van der Waals surface area contributed by atoms with E-state index < -0.39 is 24.3 Å². The summed E-state index contributed by atoms with van der Waals surface area (Å²) in [5.41, 5.74) is 8.50. The van der Waals surface area contributed by atoms with Crippen molar-refractivity contribution in [3.63, 3.8) is 0 Å². The number of primary amides is 2. The number of nitrogens with two attached hydrogens (primary N) is 2. The van der Waals surface area contributed by atoms with E-state index in [9.17, 15) is 0 Å². The van der Waals surface area contributed by atoms with Crippen LogP contribution in [-0.2, 0) is 0 Å². The van der Waals surface area contributed by atoms with Crippen molar-refractivity contribution in [1.82, 2.24) is 0 Å². The van der Waals surface area contributed by atoms with Gasteiger partial charge in [-0.05, 0) is 0 Å². The fourth-order valence-corrected chi connectivity index (χ4v) is 0.173. The van der Waals surface area contributed by atoms with Gasteiger partial charge in [-0.2, -0.15) is 0 Å². The third-order valence-corrected chi connectivity index (χ3v) is 1.26. The van der Waals surface area contributed by atoms with E-state index >= 15 is 0 Å². The summed E-state index contributed by atoms with van der Waals surface area (Å²) in [5, 5.41) is 72.0. The molecule has 0 aliphatic carbocycles. The van der Waals surface area contributed by atoms with Crippen LogP contribution in [0.4, 0.5) is 4.79 Å². The smallest absolute Gasteiger partial charge is 0.309 e. The van der Waals surface area contributed by atoms with Crippen molar-refractivity contribution in [1.29, 1.82) is 0 Å². The van der Waals surface area contributed by atoms with Crippen LogP contribution >= 0.6 is 0 Å². The maximum absolute atomic E-state index is 9.00. The molecule has 0 unspecified atom stereocenters. The number of hydrogen-bond acceptors (Lipinski definition) is 10. The van der Waals surface area contributed by atoms with Crippen molar-refractivity contribution >= 4 is 6.03 Å². The second-order valence-corrected chi connectivity index (χ2v) is 3.46. The van der Waals surface area contributed by atoms with E-state index in [0.29, 0.717) is 0 Å². The predicted octanol–water partition coefficient (Wildman–Crippen LogP) is -5.98.